The molecule has 1 aromatic heterocycles. The van der Waals surface area contributed by atoms with Crippen LogP contribution in [0.4, 0.5) is 14.5 Å². The van der Waals surface area contributed by atoms with Crippen molar-refractivity contribution >= 4 is 11.7 Å². The van der Waals surface area contributed by atoms with Gasteiger partial charge in [-0.3, -0.25) is 0 Å². The highest BCUT2D eigenvalue weighted by Gasteiger charge is 2.13. The van der Waals surface area contributed by atoms with E-state index in [0.29, 0.717) is 0 Å². The number of hydrogen-bond acceptors (Lipinski definition) is 3. The van der Waals surface area contributed by atoms with Crippen LogP contribution in [0.15, 0.2) is 6.07 Å². The molecule has 4 nitrogen and oxygen atoms in total. The van der Waals surface area contributed by atoms with E-state index < -0.39 is 29.1 Å². The van der Waals surface area contributed by atoms with Gasteiger partial charge in [0.1, 0.15) is 0 Å². The van der Waals surface area contributed by atoms with Gasteiger partial charge in [-0.2, -0.15) is 8.78 Å². The van der Waals surface area contributed by atoms with Gasteiger partial charge < -0.3 is 10.8 Å². The summed E-state index contributed by atoms with van der Waals surface area (Å²) in [6, 6.07) is 0.751. The smallest absolute Gasteiger partial charge is 0.354 e. The Morgan fingerprint density at radius 2 is 2.17 bits per heavy atom. The first-order valence-corrected chi connectivity index (χ1v) is 2.87. The number of pyridine rings is 1. The lowest BCUT2D eigenvalue weighted by atomic mass is 10.3. The summed E-state index contributed by atoms with van der Waals surface area (Å²) in [6.45, 7) is 0. The number of carbonyl (C=O) groups is 1. The average molecular weight is 174 g/mol. The molecule has 0 aliphatic carbocycles. The van der Waals surface area contributed by atoms with Crippen LogP contribution in [0.5, 0.6) is 0 Å². The topological polar surface area (TPSA) is 76.2 Å². The summed E-state index contributed by atoms with van der Waals surface area (Å²) in [6.07, 6.45) is 0. The van der Waals surface area contributed by atoms with E-state index in [-0.39, 0.29) is 0 Å². The molecule has 0 aliphatic heterocycles. The molecule has 6 heteroatoms. The Bertz CT molecular complexity index is 317. The van der Waals surface area contributed by atoms with Gasteiger partial charge in [-0.25, -0.2) is 9.78 Å². The molecule has 0 bridgehead atoms. The van der Waals surface area contributed by atoms with Crippen LogP contribution in [0.1, 0.15) is 10.5 Å². The van der Waals surface area contributed by atoms with Gasteiger partial charge >= 0.3 is 5.97 Å². The maximum atomic E-state index is 12.4. The minimum atomic E-state index is -1.51. The predicted octanol–water partition coefficient (Wildman–Crippen LogP) is 0.640. The Morgan fingerprint density at radius 1 is 1.58 bits per heavy atom. The Kier molecular flexibility index (Phi) is 1.90. The highest BCUT2D eigenvalue weighted by Crippen LogP contribution is 2.13. The zero-order chi connectivity index (χ0) is 9.30. The number of aromatic nitrogens is 1. The van der Waals surface area contributed by atoms with E-state index in [0.717, 1.165) is 6.07 Å². The van der Waals surface area contributed by atoms with Gasteiger partial charge in [0.05, 0.1) is 5.69 Å². The minimum Gasteiger partial charge on any atom is -0.477 e. The van der Waals surface area contributed by atoms with Crippen molar-refractivity contribution in [2.45, 2.75) is 0 Å². The van der Waals surface area contributed by atoms with E-state index >= 15 is 0 Å². The van der Waals surface area contributed by atoms with Crippen molar-refractivity contribution in [1.29, 1.82) is 0 Å². The molecular formula is C6H4F2N2O2. The summed E-state index contributed by atoms with van der Waals surface area (Å²) < 4.78 is 24.8. The molecule has 1 heterocycles. The maximum Gasteiger partial charge on any atom is 0.354 e. The number of carboxylic acids is 1. The third-order valence-corrected chi connectivity index (χ3v) is 1.16. The van der Waals surface area contributed by atoms with Crippen molar-refractivity contribution in [3.8, 4) is 0 Å². The summed E-state index contributed by atoms with van der Waals surface area (Å²) in [5.41, 5.74) is 3.75. The highest BCUT2D eigenvalue weighted by atomic mass is 19.2. The molecule has 1 rings (SSSR count). The molecule has 0 saturated heterocycles. The number of nitrogens with zero attached hydrogens (tertiary/aromatic N) is 1. The molecule has 0 amide bonds. The van der Waals surface area contributed by atoms with Crippen molar-refractivity contribution < 1.29 is 18.7 Å². The van der Waals surface area contributed by atoms with Crippen LogP contribution in [0, 0.1) is 11.8 Å². The zero-order valence-electron chi connectivity index (χ0n) is 5.71. The number of carboxylic acid groups (broad SMARTS) is 1. The van der Waals surface area contributed by atoms with E-state index in [1.54, 1.807) is 0 Å². The average Bonchev–Trinajstić information content (AvgIpc) is 1.99. The predicted molar refractivity (Wildman–Crippen MR) is 35.5 cm³/mol. The van der Waals surface area contributed by atoms with Crippen molar-refractivity contribution in [1.82, 2.24) is 4.98 Å². The molecule has 64 valence electrons. The van der Waals surface area contributed by atoms with Crippen LogP contribution in [0.25, 0.3) is 0 Å². The molecule has 1 aromatic rings. The standard InChI is InChI=1S/C6H4F2N2O2/c7-4-2(9)1-3(6(11)12)10-5(4)8/h1H,(H2,9,10)(H,11,12). The van der Waals surface area contributed by atoms with Gasteiger partial charge in [0.2, 0.25) is 5.82 Å². The first-order chi connectivity index (χ1) is 5.52. The van der Waals surface area contributed by atoms with Gasteiger partial charge in [-0.05, 0) is 6.07 Å². The van der Waals surface area contributed by atoms with Crippen molar-refractivity contribution in [2.75, 3.05) is 5.73 Å². The molecule has 0 atom stereocenters. The maximum absolute atomic E-state index is 12.4. The minimum absolute atomic E-state index is 0.570. The number of nitrogen functional groups attached to an aromatic ring is 1. The van der Waals surface area contributed by atoms with Gasteiger partial charge in [-0.15, -0.1) is 0 Å². The summed E-state index contributed by atoms with van der Waals surface area (Å²) in [7, 11) is 0. The zero-order valence-corrected chi connectivity index (χ0v) is 5.71. The quantitative estimate of drug-likeness (QED) is 0.612. The molecule has 0 unspecified atom stereocenters. The van der Waals surface area contributed by atoms with Crippen molar-refractivity contribution in [2.24, 2.45) is 0 Å². The third-order valence-electron chi connectivity index (χ3n) is 1.16. The fourth-order valence-corrected chi connectivity index (χ4v) is 0.626. The van der Waals surface area contributed by atoms with Crippen LogP contribution in [0.2, 0.25) is 0 Å². The molecule has 0 spiro atoms. The summed E-state index contributed by atoms with van der Waals surface area (Å²) in [5, 5.41) is 8.32. The summed E-state index contributed by atoms with van der Waals surface area (Å²) >= 11 is 0. The largest absolute Gasteiger partial charge is 0.477 e. The van der Waals surface area contributed by atoms with E-state index in [1.165, 1.54) is 0 Å². The van der Waals surface area contributed by atoms with Crippen LogP contribution in [-0.2, 0) is 0 Å². The lowest BCUT2D eigenvalue weighted by molar-refractivity contribution is 0.0689. The molecule has 0 fully saturated rings. The van der Waals surface area contributed by atoms with Crippen molar-refractivity contribution in [3.05, 3.63) is 23.5 Å². The fraction of sp³-hybridized carbons (Fsp3) is 0. The third kappa shape index (κ3) is 1.31. The van der Waals surface area contributed by atoms with Crippen LogP contribution >= 0.6 is 0 Å². The van der Waals surface area contributed by atoms with Crippen LogP contribution in [-0.4, -0.2) is 16.1 Å². The molecular weight excluding hydrogens is 170 g/mol. The second-order valence-corrected chi connectivity index (χ2v) is 2.01. The van der Waals surface area contributed by atoms with E-state index in [2.05, 4.69) is 4.98 Å². The van der Waals surface area contributed by atoms with Gasteiger partial charge in [0.25, 0.3) is 5.95 Å². The fourth-order valence-electron chi connectivity index (χ4n) is 0.626. The molecule has 0 aromatic carbocycles. The Balaban J connectivity index is 3.31. The van der Waals surface area contributed by atoms with Crippen molar-refractivity contribution in [3.63, 3.8) is 0 Å². The SMILES string of the molecule is Nc1cc(C(=O)O)nc(F)c1F. The normalized spacial score (nSPS) is 9.83. The Labute approximate surface area is 65.6 Å². The lowest BCUT2D eigenvalue weighted by Crippen LogP contribution is -2.06. The molecule has 0 radical (unpaired) electrons. The van der Waals surface area contributed by atoms with E-state index in [4.69, 9.17) is 10.8 Å². The summed E-state index contributed by atoms with van der Waals surface area (Å²) in [4.78, 5) is 13.0. The monoisotopic (exact) mass is 174 g/mol. The number of rotatable bonds is 1. The number of halogens is 2. The number of nitrogens with two attached hydrogens (primary N) is 1. The second kappa shape index (κ2) is 2.72. The highest BCUT2D eigenvalue weighted by molar-refractivity contribution is 5.86. The van der Waals surface area contributed by atoms with E-state index in [1.807, 2.05) is 0 Å². The van der Waals surface area contributed by atoms with Crippen LogP contribution in [0.3, 0.4) is 0 Å². The summed E-state index contributed by atoms with van der Waals surface area (Å²) in [5.74, 6) is -4.30. The molecule has 0 aliphatic rings. The molecule has 0 saturated carbocycles. The van der Waals surface area contributed by atoms with Gasteiger partial charge in [0, 0.05) is 0 Å². The van der Waals surface area contributed by atoms with Gasteiger partial charge in [-0.1, -0.05) is 0 Å². The molecule has 3 N–H and O–H groups in total. The molecule has 12 heavy (non-hydrogen) atoms. The first-order valence-electron chi connectivity index (χ1n) is 2.87. The van der Waals surface area contributed by atoms with E-state index in [9.17, 15) is 13.6 Å². The Hall–Kier alpha value is -1.72. The number of hydrogen-bond donors (Lipinski definition) is 2. The van der Waals surface area contributed by atoms with Gasteiger partial charge in [0.15, 0.2) is 5.69 Å². The Morgan fingerprint density at radius 3 is 2.58 bits per heavy atom. The number of anilines is 1. The lowest BCUT2D eigenvalue weighted by Gasteiger charge is -1.98. The van der Waals surface area contributed by atoms with Crippen LogP contribution < -0.4 is 5.73 Å². The first kappa shape index (κ1) is 8.38. The number of aromatic carboxylic acids is 1. The second-order valence-electron chi connectivity index (χ2n) is 2.01.